The maximum Gasteiger partial charge on any atom is -1.00 e. The molecule has 0 nitrogen and oxygen atoms in total. The Morgan fingerprint density at radius 3 is 1.50 bits per heavy atom. The largest absolute Gasteiger partial charge is 1.00 e. The molecular formula is C28H25Cl2HfP. The maximum absolute atomic E-state index is 2.62. The van der Waals surface area contributed by atoms with Crippen molar-refractivity contribution in [2.75, 3.05) is 0 Å². The first-order valence-electron chi connectivity index (χ1n) is 10.8. The Labute approximate surface area is 216 Å². The van der Waals surface area contributed by atoms with Crippen molar-refractivity contribution in [3.8, 4) is 0 Å². The molecule has 0 radical (unpaired) electrons. The molecule has 3 aliphatic rings. The van der Waals surface area contributed by atoms with Crippen LogP contribution in [0.25, 0.3) is 12.2 Å². The Morgan fingerprint density at radius 2 is 1.03 bits per heavy atom. The van der Waals surface area contributed by atoms with E-state index in [1.165, 1.54) is 27.6 Å². The summed E-state index contributed by atoms with van der Waals surface area (Å²) in [4.78, 5) is 0. The van der Waals surface area contributed by atoms with Crippen molar-refractivity contribution in [3.63, 3.8) is 0 Å². The van der Waals surface area contributed by atoms with Crippen LogP contribution in [0.1, 0.15) is 51.9 Å². The van der Waals surface area contributed by atoms with Gasteiger partial charge in [-0.25, -0.2) is 0 Å². The Hall–Kier alpha value is -0.980. The molecule has 0 spiro atoms. The van der Waals surface area contributed by atoms with Crippen LogP contribution in [0.3, 0.4) is 0 Å². The molecule has 0 bridgehead atoms. The molecule has 1 fully saturated rings. The normalized spacial score (nSPS) is 21.3. The second-order valence-corrected chi connectivity index (χ2v) is 16.5. The van der Waals surface area contributed by atoms with Gasteiger partial charge in [-0.3, -0.25) is 0 Å². The molecule has 0 aromatic heterocycles. The van der Waals surface area contributed by atoms with Gasteiger partial charge in [0.05, 0.1) is 0 Å². The Bertz CT molecular complexity index is 1200. The van der Waals surface area contributed by atoms with Gasteiger partial charge in [-0.05, 0) is 0 Å². The van der Waals surface area contributed by atoms with Crippen molar-refractivity contribution in [2.24, 2.45) is 0 Å². The fourth-order valence-corrected chi connectivity index (χ4v) is 19.2. The number of fused-ring (bicyclic) bond motifs is 6. The summed E-state index contributed by atoms with van der Waals surface area (Å²) in [5.74, 6) is 0. The van der Waals surface area contributed by atoms with Crippen molar-refractivity contribution in [1.82, 2.24) is 0 Å². The van der Waals surface area contributed by atoms with Crippen LogP contribution in [0.15, 0.2) is 65.2 Å². The van der Waals surface area contributed by atoms with Gasteiger partial charge < -0.3 is 24.8 Å². The SMILES string of the molecule is Cc1ccc(C)c2c1C=C1[CH]2[Hf+2][CH]2C(=Cc3c(C)ccc(C)c32)P1c1ccccc1.[Cl-].[Cl-]. The first kappa shape index (κ1) is 24.2. The van der Waals surface area contributed by atoms with E-state index in [9.17, 15) is 0 Å². The number of rotatable bonds is 1. The second-order valence-electron chi connectivity index (χ2n) is 8.90. The van der Waals surface area contributed by atoms with Crippen molar-refractivity contribution in [3.05, 3.63) is 110 Å². The van der Waals surface area contributed by atoms with Crippen LogP contribution in [-0.2, 0) is 22.9 Å². The topological polar surface area (TPSA) is 0 Å². The van der Waals surface area contributed by atoms with Gasteiger partial charge in [0.1, 0.15) is 0 Å². The van der Waals surface area contributed by atoms with Crippen LogP contribution in [0, 0.1) is 27.7 Å². The van der Waals surface area contributed by atoms with Crippen LogP contribution >= 0.6 is 7.92 Å². The molecule has 160 valence electrons. The van der Waals surface area contributed by atoms with E-state index >= 15 is 0 Å². The van der Waals surface area contributed by atoms with E-state index in [1.807, 2.05) is 0 Å². The first-order valence-corrected chi connectivity index (χ1v) is 16.3. The molecule has 2 aliphatic carbocycles. The molecule has 0 amide bonds. The third-order valence-corrected chi connectivity index (χ3v) is 18.1. The van der Waals surface area contributed by atoms with Crippen molar-refractivity contribution in [1.29, 1.82) is 0 Å². The Morgan fingerprint density at radius 1 is 0.594 bits per heavy atom. The zero-order chi connectivity index (χ0) is 20.6. The first-order chi connectivity index (χ1) is 14.5. The summed E-state index contributed by atoms with van der Waals surface area (Å²) in [6.45, 7) is 9.28. The van der Waals surface area contributed by atoms with Gasteiger partial charge in [0.2, 0.25) is 0 Å². The molecule has 3 aromatic carbocycles. The fourth-order valence-electron chi connectivity index (χ4n) is 5.53. The van der Waals surface area contributed by atoms with Crippen molar-refractivity contribution < 1.29 is 47.7 Å². The summed E-state index contributed by atoms with van der Waals surface area (Å²) >= 11 is -1.02. The minimum atomic E-state index is -1.02. The molecule has 2 atom stereocenters. The van der Waals surface area contributed by atoms with E-state index in [1.54, 1.807) is 32.9 Å². The van der Waals surface area contributed by atoms with Gasteiger partial charge >= 0.3 is 193 Å². The van der Waals surface area contributed by atoms with Crippen LogP contribution in [0.2, 0.25) is 0 Å². The molecule has 1 aliphatic heterocycles. The maximum atomic E-state index is 2.62. The van der Waals surface area contributed by atoms with E-state index < -0.39 is 30.8 Å². The molecule has 0 N–H and O–H groups in total. The molecule has 32 heavy (non-hydrogen) atoms. The van der Waals surface area contributed by atoms with E-state index in [0.717, 1.165) is 7.35 Å². The molecule has 4 heteroatoms. The predicted octanol–water partition coefficient (Wildman–Crippen LogP) is 1.32. The van der Waals surface area contributed by atoms with Gasteiger partial charge in [-0.1, -0.05) is 0 Å². The minimum Gasteiger partial charge on any atom is -1.00 e. The van der Waals surface area contributed by atoms with Crippen LogP contribution < -0.4 is 30.1 Å². The standard InChI is InChI=1S/C28H25P.2ClH.Hf/c1-18-10-11-19(2)26-15-23(14-25(18)26)29(22-8-6-5-7-9-22)24-16-27-20(3)12-13-21(4)28(27)17-24;;;/h5-17H,1-4H3;2*1H;/q;;;+2/p-2. The zero-order valence-electron chi connectivity index (χ0n) is 18.7. The van der Waals surface area contributed by atoms with E-state index in [-0.39, 0.29) is 24.8 Å². The van der Waals surface area contributed by atoms with Gasteiger partial charge in [0, 0.05) is 0 Å². The van der Waals surface area contributed by atoms with Gasteiger partial charge in [0.15, 0.2) is 0 Å². The number of aryl methyl sites for hydroxylation is 4. The van der Waals surface area contributed by atoms with Gasteiger partial charge in [-0.15, -0.1) is 0 Å². The average molecular weight is 642 g/mol. The second kappa shape index (κ2) is 8.99. The molecule has 1 saturated heterocycles. The Balaban J connectivity index is 0.00000122. The number of hydrogen-bond donors (Lipinski definition) is 0. The van der Waals surface area contributed by atoms with E-state index in [0.29, 0.717) is 0 Å². The number of allylic oxidation sites excluding steroid dienone is 2. The average Bonchev–Trinajstić information content (AvgIpc) is 3.33. The summed E-state index contributed by atoms with van der Waals surface area (Å²) in [5, 5.41) is 5.06. The molecule has 6 rings (SSSR count). The molecule has 3 aromatic rings. The number of halogens is 2. The molecule has 0 saturated carbocycles. The van der Waals surface area contributed by atoms with Crippen molar-refractivity contribution in [2.45, 2.75) is 35.0 Å². The Kier molecular flexibility index (Phi) is 6.79. The third-order valence-electron chi connectivity index (χ3n) is 7.06. The number of hydrogen-bond acceptors (Lipinski definition) is 0. The molecule has 1 heterocycles. The predicted molar refractivity (Wildman–Crippen MR) is 126 cm³/mol. The van der Waals surface area contributed by atoms with E-state index in [2.05, 4.69) is 94.4 Å². The summed E-state index contributed by atoms with van der Waals surface area (Å²) in [5.41, 5.74) is 12.4. The van der Waals surface area contributed by atoms with Crippen molar-refractivity contribution >= 4 is 25.4 Å². The zero-order valence-corrected chi connectivity index (χ0v) is 24.7. The quantitative estimate of drug-likeness (QED) is 0.278. The number of benzene rings is 3. The van der Waals surface area contributed by atoms with Crippen LogP contribution in [0.5, 0.6) is 0 Å². The summed E-state index contributed by atoms with van der Waals surface area (Å²) in [7, 11) is -0.419. The molecule has 2 unspecified atom stereocenters. The fraction of sp³-hybridized carbons (Fsp3) is 0.214. The smallest absolute Gasteiger partial charge is 1.00 e. The van der Waals surface area contributed by atoms with Gasteiger partial charge in [-0.2, -0.15) is 0 Å². The monoisotopic (exact) mass is 642 g/mol. The summed E-state index contributed by atoms with van der Waals surface area (Å²) in [6, 6.07) is 20.8. The van der Waals surface area contributed by atoms with Crippen LogP contribution in [-0.4, -0.2) is 0 Å². The minimum absolute atomic E-state index is 0. The third kappa shape index (κ3) is 3.47. The summed E-state index contributed by atoms with van der Waals surface area (Å²) in [6.07, 6.45) is 5.24. The molecular weight excluding hydrogens is 617 g/mol. The summed E-state index contributed by atoms with van der Waals surface area (Å²) < 4.78 is 1.50. The van der Waals surface area contributed by atoms with E-state index in [4.69, 9.17) is 0 Å². The van der Waals surface area contributed by atoms with Gasteiger partial charge in [0.25, 0.3) is 0 Å². The van der Waals surface area contributed by atoms with Crippen LogP contribution in [0.4, 0.5) is 0 Å².